The molecule has 0 N–H and O–H groups in total. The number of halogens is 1. The fourth-order valence-electron chi connectivity index (χ4n) is 0.943. The van der Waals surface area contributed by atoms with Gasteiger partial charge < -0.3 is 4.74 Å². The van der Waals surface area contributed by atoms with Crippen molar-refractivity contribution in [3.8, 4) is 5.75 Å². The molecule has 0 radical (unpaired) electrons. The van der Waals surface area contributed by atoms with Crippen molar-refractivity contribution in [2.24, 2.45) is 0 Å². The third-order valence-corrected chi connectivity index (χ3v) is 1.61. The molecule has 1 rings (SSSR count). The Balaban J connectivity index is 0.000000791. The van der Waals surface area contributed by atoms with E-state index >= 15 is 0 Å². The molecule has 0 bridgehead atoms. The molecule has 14 heavy (non-hydrogen) atoms. The Hall–Kier alpha value is -1.02. The third kappa shape index (κ3) is 4.87. The number of hydrogen-bond acceptors (Lipinski definition) is 2. The Morgan fingerprint density at radius 2 is 2.07 bits per heavy atom. The lowest BCUT2D eigenvalue weighted by Gasteiger charge is -2.00. The number of hydrogen-bond donors (Lipinski definition) is 0. The van der Waals surface area contributed by atoms with Gasteiger partial charge in [0.1, 0.15) is 5.75 Å². The Bertz CT molecular complexity index is 284. The molecule has 0 amide bonds. The van der Waals surface area contributed by atoms with E-state index in [1.807, 2.05) is 32.0 Å². The van der Waals surface area contributed by atoms with Crippen LogP contribution in [0.5, 0.6) is 5.75 Å². The summed E-state index contributed by atoms with van der Waals surface area (Å²) in [4.78, 5) is 10.5. The zero-order valence-corrected chi connectivity index (χ0v) is 9.47. The maximum absolute atomic E-state index is 10.5. The van der Waals surface area contributed by atoms with Crippen LogP contribution in [0.3, 0.4) is 0 Å². The normalized spacial score (nSPS) is 8.57. The molecule has 0 saturated heterocycles. The summed E-state index contributed by atoms with van der Waals surface area (Å²) >= 11 is 5.23. The van der Waals surface area contributed by atoms with E-state index < -0.39 is 0 Å². The van der Waals surface area contributed by atoms with Crippen LogP contribution in [0, 0.1) is 0 Å². The first kappa shape index (κ1) is 13.0. The molecule has 0 aliphatic carbocycles. The van der Waals surface area contributed by atoms with E-state index in [1.54, 1.807) is 13.2 Å². The summed E-state index contributed by atoms with van der Waals surface area (Å²) in [6, 6.07) is 7.28. The van der Waals surface area contributed by atoms with E-state index in [9.17, 15) is 4.79 Å². The van der Waals surface area contributed by atoms with Crippen molar-refractivity contribution >= 4 is 16.8 Å². The van der Waals surface area contributed by atoms with Crippen molar-refractivity contribution in [1.82, 2.24) is 0 Å². The Morgan fingerprint density at radius 1 is 1.43 bits per heavy atom. The number of rotatable bonds is 3. The summed E-state index contributed by atoms with van der Waals surface area (Å²) in [7, 11) is 1.58. The standard InChI is InChI=1S/C9H9ClO2.C2H6/c1-12-8-4-2-3-7(5-8)6-9(10)11;1-2/h2-5H,6H2,1H3;1-2H3. The van der Waals surface area contributed by atoms with Crippen LogP contribution >= 0.6 is 11.6 Å². The molecule has 1 aromatic rings. The highest BCUT2D eigenvalue weighted by Crippen LogP contribution is 2.13. The van der Waals surface area contributed by atoms with Crippen LogP contribution in [-0.4, -0.2) is 12.4 Å². The molecule has 0 aromatic heterocycles. The minimum absolute atomic E-state index is 0.249. The van der Waals surface area contributed by atoms with Crippen LogP contribution in [0.15, 0.2) is 24.3 Å². The molecule has 0 aliphatic rings. The second-order valence-corrected chi connectivity index (χ2v) is 2.80. The van der Waals surface area contributed by atoms with Crippen molar-refractivity contribution in [3.05, 3.63) is 29.8 Å². The molecule has 3 heteroatoms. The van der Waals surface area contributed by atoms with Crippen molar-refractivity contribution in [2.45, 2.75) is 20.3 Å². The molecule has 0 fully saturated rings. The van der Waals surface area contributed by atoms with Gasteiger partial charge in [0, 0.05) is 6.42 Å². The number of benzene rings is 1. The van der Waals surface area contributed by atoms with E-state index in [1.165, 1.54) is 0 Å². The molecule has 0 aliphatic heterocycles. The molecule has 0 unspecified atom stereocenters. The minimum Gasteiger partial charge on any atom is -0.497 e. The Morgan fingerprint density at radius 3 is 2.57 bits per heavy atom. The molecular formula is C11H15ClO2. The average Bonchev–Trinajstić information content (AvgIpc) is 2.20. The first-order chi connectivity index (χ1) is 6.72. The topological polar surface area (TPSA) is 26.3 Å². The fourth-order valence-corrected chi connectivity index (χ4v) is 1.10. The third-order valence-electron chi connectivity index (χ3n) is 1.48. The van der Waals surface area contributed by atoms with Crippen LogP contribution in [-0.2, 0) is 11.2 Å². The molecule has 0 spiro atoms. The van der Waals surface area contributed by atoms with Crippen LogP contribution in [0.25, 0.3) is 0 Å². The van der Waals surface area contributed by atoms with Crippen LogP contribution < -0.4 is 4.74 Å². The molecule has 0 saturated carbocycles. The second-order valence-electron chi connectivity index (χ2n) is 2.38. The van der Waals surface area contributed by atoms with Gasteiger partial charge >= 0.3 is 0 Å². The van der Waals surface area contributed by atoms with Crippen LogP contribution in [0.2, 0.25) is 0 Å². The zero-order chi connectivity index (χ0) is 11.0. The SMILES string of the molecule is CC.COc1cccc(CC(=O)Cl)c1. The van der Waals surface area contributed by atoms with Crippen LogP contribution in [0.4, 0.5) is 0 Å². The van der Waals surface area contributed by atoms with Gasteiger partial charge in [-0.05, 0) is 29.3 Å². The summed E-state index contributed by atoms with van der Waals surface area (Å²) in [6.07, 6.45) is 0.249. The maximum Gasteiger partial charge on any atom is 0.226 e. The summed E-state index contributed by atoms with van der Waals surface area (Å²) in [5.74, 6) is 0.741. The van der Waals surface area contributed by atoms with Crippen molar-refractivity contribution in [1.29, 1.82) is 0 Å². The average molecular weight is 215 g/mol. The van der Waals surface area contributed by atoms with E-state index in [2.05, 4.69) is 0 Å². The Labute approximate surface area is 89.8 Å². The molecule has 78 valence electrons. The van der Waals surface area contributed by atoms with Gasteiger partial charge in [0.15, 0.2) is 0 Å². The van der Waals surface area contributed by atoms with E-state index in [0.29, 0.717) is 0 Å². The van der Waals surface area contributed by atoms with E-state index in [4.69, 9.17) is 16.3 Å². The van der Waals surface area contributed by atoms with Gasteiger partial charge in [-0.25, -0.2) is 0 Å². The highest BCUT2D eigenvalue weighted by atomic mass is 35.5. The predicted molar refractivity (Wildman–Crippen MR) is 58.9 cm³/mol. The number of carbonyl (C=O) groups is 1. The van der Waals surface area contributed by atoms with Crippen molar-refractivity contribution in [3.63, 3.8) is 0 Å². The quantitative estimate of drug-likeness (QED) is 0.723. The molecule has 1 aromatic carbocycles. The fraction of sp³-hybridized carbons (Fsp3) is 0.364. The Kier molecular flexibility index (Phi) is 6.85. The number of methoxy groups -OCH3 is 1. The van der Waals surface area contributed by atoms with Crippen molar-refractivity contribution < 1.29 is 9.53 Å². The molecule has 2 nitrogen and oxygen atoms in total. The van der Waals surface area contributed by atoms with E-state index in [0.717, 1.165) is 11.3 Å². The minimum atomic E-state index is -0.358. The molecule has 0 atom stereocenters. The zero-order valence-electron chi connectivity index (χ0n) is 8.71. The number of carbonyl (C=O) groups excluding carboxylic acids is 1. The second kappa shape index (κ2) is 7.39. The highest BCUT2D eigenvalue weighted by molar-refractivity contribution is 6.63. The molecular weight excluding hydrogens is 200 g/mol. The summed E-state index contributed by atoms with van der Waals surface area (Å²) in [5.41, 5.74) is 0.870. The maximum atomic E-state index is 10.5. The van der Waals surface area contributed by atoms with Crippen molar-refractivity contribution in [2.75, 3.05) is 7.11 Å². The first-order valence-electron chi connectivity index (χ1n) is 4.53. The smallest absolute Gasteiger partial charge is 0.226 e. The first-order valence-corrected chi connectivity index (χ1v) is 4.91. The van der Waals surface area contributed by atoms with Gasteiger partial charge in [-0.2, -0.15) is 0 Å². The lowest BCUT2D eigenvalue weighted by molar-refractivity contribution is -0.111. The van der Waals surface area contributed by atoms with Gasteiger partial charge in [0.2, 0.25) is 5.24 Å². The molecule has 0 heterocycles. The van der Waals surface area contributed by atoms with Gasteiger partial charge in [-0.1, -0.05) is 26.0 Å². The van der Waals surface area contributed by atoms with Crippen LogP contribution in [0.1, 0.15) is 19.4 Å². The van der Waals surface area contributed by atoms with E-state index in [-0.39, 0.29) is 11.7 Å². The summed E-state index contributed by atoms with van der Waals surface area (Å²) < 4.78 is 4.98. The predicted octanol–water partition coefficient (Wildman–Crippen LogP) is 3.03. The van der Waals surface area contributed by atoms with Gasteiger partial charge in [0.25, 0.3) is 0 Å². The number of ether oxygens (including phenoxy) is 1. The van der Waals surface area contributed by atoms with Gasteiger partial charge in [-0.15, -0.1) is 0 Å². The summed E-state index contributed by atoms with van der Waals surface area (Å²) in [6.45, 7) is 4.00. The summed E-state index contributed by atoms with van der Waals surface area (Å²) in [5, 5.41) is -0.358. The monoisotopic (exact) mass is 214 g/mol. The van der Waals surface area contributed by atoms with Gasteiger partial charge in [-0.3, -0.25) is 4.79 Å². The lowest BCUT2D eigenvalue weighted by atomic mass is 10.1. The lowest BCUT2D eigenvalue weighted by Crippen LogP contribution is -1.93. The largest absolute Gasteiger partial charge is 0.497 e. The highest BCUT2D eigenvalue weighted by Gasteiger charge is 1.99. The van der Waals surface area contributed by atoms with Gasteiger partial charge in [0.05, 0.1) is 7.11 Å².